The Labute approximate surface area is 121 Å². The SMILES string of the molecule is Cc1ccc(O[C@H](C)C(=O)N2CCN(C)CC2)cc1C. The van der Waals surface area contributed by atoms with E-state index in [0.717, 1.165) is 31.9 Å². The van der Waals surface area contributed by atoms with Gasteiger partial charge in [-0.15, -0.1) is 0 Å². The van der Waals surface area contributed by atoms with Crippen LogP contribution in [0.25, 0.3) is 0 Å². The zero-order valence-corrected chi connectivity index (χ0v) is 12.8. The Balaban J connectivity index is 1.95. The van der Waals surface area contributed by atoms with Crippen molar-refractivity contribution in [3.05, 3.63) is 29.3 Å². The number of likely N-dealkylation sites (N-methyl/N-ethyl adjacent to an activating group) is 1. The highest BCUT2D eigenvalue weighted by Crippen LogP contribution is 2.18. The van der Waals surface area contributed by atoms with E-state index in [1.807, 2.05) is 30.0 Å². The van der Waals surface area contributed by atoms with Crippen molar-refractivity contribution < 1.29 is 9.53 Å². The van der Waals surface area contributed by atoms with Gasteiger partial charge in [-0.25, -0.2) is 0 Å². The number of benzene rings is 1. The number of carbonyl (C=O) groups excluding carboxylic acids is 1. The number of aryl methyl sites for hydroxylation is 2. The zero-order valence-electron chi connectivity index (χ0n) is 12.8. The highest BCUT2D eigenvalue weighted by Gasteiger charge is 2.24. The lowest BCUT2D eigenvalue weighted by Gasteiger charge is -2.33. The van der Waals surface area contributed by atoms with Crippen molar-refractivity contribution in [1.29, 1.82) is 0 Å². The molecule has 0 bridgehead atoms. The summed E-state index contributed by atoms with van der Waals surface area (Å²) in [6.45, 7) is 9.39. The summed E-state index contributed by atoms with van der Waals surface area (Å²) < 4.78 is 5.79. The fourth-order valence-corrected chi connectivity index (χ4v) is 2.33. The highest BCUT2D eigenvalue weighted by molar-refractivity contribution is 5.81. The zero-order chi connectivity index (χ0) is 14.7. The Morgan fingerprint density at radius 1 is 1.15 bits per heavy atom. The number of carbonyl (C=O) groups is 1. The van der Waals surface area contributed by atoms with Gasteiger partial charge in [-0.3, -0.25) is 4.79 Å². The molecule has 1 atom stereocenters. The summed E-state index contributed by atoms with van der Waals surface area (Å²) in [7, 11) is 2.08. The normalized spacial score (nSPS) is 17.9. The Hall–Kier alpha value is -1.55. The summed E-state index contributed by atoms with van der Waals surface area (Å²) in [5, 5.41) is 0. The third kappa shape index (κ3) is 3.51. The number of hydrogen-bond acceptors (Lipinski definition) is 3. The summed E-state index contributed by atoms with van der Waals surface area (Å²) in [5.74, 6) is 0.847. The second-order valence-electron chi connectivity index (χ2n) is 5.63. The van der Waals surface area contributed by atoms with E-state index in [9.17, 15) is 4.79 Å². The molecule has 1 aromatic rings. The van der Waals surface area contributed by atoms with Crippen LogP contribution < -0.4 is 4.74 Å². The van der Waals surface area contributed by atoms with Crippen LogP contribution >= 0.6 is 0 Å². The minimum Gasteiger partial charge on any atom is -0.481 e. The van der Waals surface area contributed by atoms with Crippen LogP contribution in [0, 0.1) is 13.8 Å². The molecule has 1 aromatic carbocycles. The van der Waals surface area contributed by atoms with E-state index in [1.165, 1.54) is 11.1 Å². The van der Waals surface area contributed by atoms with Crippen LogP contribution in [0.1, 0.15) is 18.1 Å². The summed E-state index contributed by atoms with van der Waals surface area (Å²) in [6.07, 6.45) is -0.430. The van der Waals surface area contributed by atoms with Crippen molar-refractivity contribution >= 4 is 5.91 Å². The van der Waals surface area contributed by atoms with Gasteiger partial charge in [-0.1, -0.05) is 6.07 Å². The average Bonchev–Trinajstić information content (AvgIpc) is 2.43. The maximum absolute atomic E-state index is 12.3. The maximum atomic E-state index is 12.3. The molecule has 0 radical (unpaired) electrons. The Morgan fingerprint density at radius 3 is 2.40 bits per heavy atom. The van der Waals surface area contributed by atoms with Gasteiger partial charge >= 0.3 is 0 Å². The smallest absolute Gasteiger partial charge is 0.263 e. The van der Waals surface area contributed by atoms with E-state index in [2.05, 4.69) is 25.8 Å². The first-order valence-electron chi connectivity index (χ1n) is 7.18. The first kappa shape index (κ1) is 14.9. The van der Waals surface area contributed by atoms with Crippen molar-refractivity contribution in [2.24, 2.45) is 0 Å². The van der Waals surface area contributed by atoms with Crippen LogP contribution in [-0.4, -0.2) is 55.0 Å². The van der Waals surface area contributed by atoms with Gasteiger partial charge in [0.05, 0.1) is 0 Å². The van der Waals surface area contributed by atoms with Crippen molar-refractivity contribution in [1.82, 2.24) is 9.80 Å². The van der Waals surface area contributed by atoms with E-state index < -0.39 is 6.10 Å². The molecule has 0 saturated carbocycles. The quantitative estimate of drug-likeness (QED) is 0.844. The summed E-state index contributed by atoms with van der Waals surface area (Å²) >= 11 is 0. The van der Waals surface area contributed by atoms with Gasteiger partial charge in [0.15, 0.2) is 6.10 Å². The van der Waals surface area contributed by atoms with Gasteiger partial charge in [0.1, 0.15) is 5.75 Å². The van der Waals surface area contributed by atoms with Gasteiger partial charge in [-0.2, -0.15) is 0 Å². The van der Waals surface area contributed by atoms with Crippen molar-refractivity contribution in [2.45, 2.75) is 26.9 Å². The number of ether oxygens (including phenoxy) is 1. The largest absolute Gasteiger partial charge is 0.481 e. The van der Waals surface area contributed by atoms with E-state index in [1.54, 1.807) is 0 Å². The summed E-state index contributed by atoms with van der Waals surface area (Å²) in [6, 6.07) is 5.94. The lowest BCUT2D eigenvalue weighted by atomic mass is 10.1. The van der Waals surface area contributed by atoms with Crippen LogP contribution in [0.3, 0.4) is 0 Å². The molecule has 0 aliphatic carbocycles. The summed E-state index contributed by atoms with van der Waals surface area (Å²) in [5.41, 5.74) is 2.41. The minimum absolute atomic E-state index is 0.0799. The third-order valence-electron chi connectivity index (χ3n) is 3.95. The van der Waals surface area contributed by atoms with Gasteiger partial charge in [0.2, 0.25) is 0 Å². The molecule has 0 spiro atoms. The topological polar surface area (TPSA) is 32.8 Å². The lowest BCUT2D eigenvalue weighted by molar-refractivity contribution is -0.139. The molecule has 0 N–H and O–H groups in total. The maximum Gasteiger partial charge on any atom is 0.263 e. The number of rotatable bonds is 3. The predicted octanol–water partition coefficient (Wildman–Crippen LogP) is 1.84. The van der Waals surface area contributed by atoms with E-state index in [4.69, 9.17) is 4.74 Å². The van der Waals surface area contributed by atoms with Crippen LogP contribution in [-0.2, 0) is 4.79 Å². The van der Waals surface area contributed by atoms with Crippen LogP contribution in [0.4, 0.5) is 0 Å². The van der Waals surface area contributed by atoms with E-state index in [-0.39, 0.29) is 5.91 Å². The van der Waals surface area contributed by atoms with Crippen LogP contribution in [0.5, 0.6) is 5.75 Å². The highest BCUT2D eigenvalue weighted by atomic mass is 16.5. The molecule has 1 saturated heterocycles. The Kier molecular flexibility index (Phi) is 4.65. The van der Waals surface area contributed by atoms with Gasteiger partial charge in [-0.05, 0) is 51.1 Å². The number of amides is 1. The molecule has 4 heteroatoms. The molecular weight excluding hydrogens is 252 g/mol. The second kappa shape index (κ2) is 6.27. The third-order valence-corrected chi connectivity index (χ3v) is 3.95. The minimum atomic E-state index is -0.430. The molecule has 2 rings (SSSR count). The molecule has 110 valence electrons. The number of hydrogen-bond donors (Lipinski definition) is 0. The van der Waals surface area contributed by atoms with Crippen molar-refractivity contribution in [3.8, 4) is 5.75 Å². The first-order chi connectivity index (χ1) is 9.47. The monoisotopic (exact) mass is 276 g/mol. The molecule has 4 nitrogen and oxygen atoms in total. The molecule has 1 aliphatic rings. The fraction of sp³-hybridized carbons (Fsp3) is 0.562. The van der Waals surface area contributed by atoms with Crippen molar-refractivity contribution in [2.75, 3.05) is 33.2 Å². The molecule has 1 aliphatic heterocycles. The van der Waals surface area contributed by atoms with E-state index in [0.29, 0.717) is 0 Å². The molecule has 20 heavy (non-hydrogen) atoms. The molecule has 1 heterocycles. The standard InChI is InChI=1S/C16H24N2O2/c1-12-5-6-15(11-13(12)2)20-14(3)16(19)18-9-7-17(4)8-10-18/h5-6,11,14H,7-10H2,1-4H3/t14-/m1/s1. The fourth-order valence-electron chi connectivity index (χ4n) is 2.33. The van der Waals surface area contributed by atoms with Gasteiger partial charge < -0.3 is 14.5 Å². The lowest BCUT2D eigenvalue weighted by Crippen LogP contribution is -2.50. The van der Waals surface area contributed by atoms with Gasteiger partial charge in [0, 0.05) is 26.2 Å². The van der Waals surface area contributed by atoms with Crippen LogP contribution in [0.2, 0.25) is 0 Å². The predicted molar refractivity (Wildman–Crippen MR) is 80.1 cm³/mol. The average molecular weight is 276 g/mol. The second-order valence-corrected chi connectivity index (χ2v) is 5.63. The number of piperazine rings is 1. The molecule has 1 fully saturated rings. The first-order valence-corrected chi connectivity index (χ1v) is 7.18. The summed E-state index contributed by atoms with van der Waals surface area (Å²) in [4.78, 5) is 16.5. The molecule has 1 amide bonds. The molecule has 0 aromatic heterocycles. The van der Waals surface area contributed by atoms with Crippen molar-refractivity contribution in [3.63, 3.8) is 0 Å². The Bertz CT molecular complexity index is 479. The van der Waals surface area contributed by atoms with Gasteiger partial charge in [0.25, 0.3) is 5.91 Å². The van der Waals surface area contributed by atoms with Crippen LogP contribution in [0.15, 0.2) is 18.2 Å². The van der Waals surface area contributed by atoms with E-state index >= 15 is 0 Å². The molecule has 0 unspecified atom stereocenters. The Morgan fingerprint density at radius 2 is 1.80 bits per heavy atom. The molecular formula is C16H24N2O2. The number of nitrogens with zero attached hydrogens (tertiary/aromatic N) is 2.